The molecular formula is C11H14N2O5S. The Labute approximate surface area is 112 Å². The molecule has 1 fully saturated rings. The molecule has 8 heteroatoms. The lowest BCUT2D eigenvalue weighted by atomic mass is 9.99. The van der Waals surface area contributed by atoms with Crippen molar-refractivity contribution >= 4 is 23.2 Å². The molecule has 0 spiro atoms. The highest BCUT2D eigenvalue weighted by atomic mass is 32.1. The van der Waals surface area contributed by atoms with E-state index in [-0.39, 0.29) is 24.4 Å². The summed E-state index contributed by atoms with van der Waals surface area (Å²) in [6, 6.07) is 0. The van der Waals surface area contributed by atoms with E-state index >= 15 is 0 Å². The first-order chi connectivity index (χ1) is 8.94. The molecule has 0 bridgehead atoms. The Morgan fingerprint density at radius 3 is 2.84 bits per heavy atom. The van der Waals surface area contributed by atoms with E-state index in [1.807, 2.05) is 0 Å². The Bertz CT molecular complexity index is 556. The minimum absolute atomic E-state index is 0.0500. The molecule has 1 aliphatic heterocycles. The molecule has 0 saturated carbocycles. The number of nitrogens with one attached hydrogen (secondary N) is 1. The molecule has 7 nitrogen and oxygen atoms in total. The van der Waals surface area contributed by atoms with Crippen LogP contribution in [0.3, 0.4) is 0 Å². The maximum atomic E-state index is 11.9. The van der Waals surface area contributed by atoms with Crippen LogP contribution in [0.5, 0.6) is 0 Å². The van der Waals surface area contributed by atoms with Gasteiger partial charge in [0.2, 0.25) is 5.91 Å². The van der Waals surface area contributed by atoms with Crippen LogP contribution in [0.25, 0.3) is 0 Å². The standard InChI is InChI=1S/C11H14N2O5S/c1-7-5-19-10(17)13(7)4-8(14)12-11(9(15)16)2-3-18-6-11/h5H,2-4,6H2,1H3,(H,12,14)(H,15,16). The number of thiazole rings is 1. The summed E-state index contributed by atoms with van der Waals surface area (Å²) in [7, 11) is 0. The van der Waals surface area contributed by atoms with Crippen molar-refractivity contribution in [2.24, 2.45) is 0 Å². The molecule has 0 radical (unpaired) electrons. The molecule has 2 heterocycles. The van der Waals surface area contributed by atoms with Gasteiger partial charge in [-0.2, -0.15) is 0 Å². The number of aromatic nitrogens is 1. The highest BCUT2D eigenvalue weighted by molar-refractivity contribution is 7.07. The number of carbonyl (C=O) groups is 2. The molecule has 1 aromatic rings. The lowest BCUT2D eigenvalue weighted by Gasteiger charge is -2.23. The SMILES string of the molecule is Cc1csc(=O)n1CC(=O)NC1(C(=O)O)CCOC1. The fraction of sp³-hybridized carbons (Fsp3) is 0.545. The third kappa shape index (κ3) is 2.69. The zero-order valence-electron chi connectivity index (χ0n) is 10.3. The van der Waals surface area contributed by atoms with Crippen LogP contribution in [0.1, 0.15) is 12.1 Å². The van der Waals surface area contributed by atoms with Crippen molar-refractivity contribution in [1.29, 1.82) is 0 Å². The van der Waals surface area contributed by atoms with Gasteiger partial charge < -0.3 is 15.2 Å². The first kappa shape index (κ1) is 13.8. The molecule has 1 amide bonds. The van der Waals surface area contributed by atoms with Gasteiger partial charge in [0.25, 0.3) is 0 Å². The molecule has 19 heavy (non-hydrogen) atoms. The number of carboxylic acid groups (broad SMARTS) is 1. The van der Waals surface area contributed by atoms with Crippen molar-refractivity contribution < 1.29 is 19.4 Å². The molecule has 1 unspecified atom stereocenters. The highest BCUT2D eigenvalue weighted by Crippen LogP contribution is 2.19. The summed E-state index contributed by atoms with van der Waals surface area (Å²) in [4.78, 5) is 34.4. The third-order valence-electron chi connectivity index (χ3n) is 3.09. The Morgan fingerprint density at radius 1 is 1.63 bits per heavy atom. The predicted molar refractivity (Wildman–Crippen MR) is 67.3 cm³/mol. The third-order valence-corrected chi connectivity index (χ3v) is 3.97. The molecule has 2 rings (SSSR count). The van der Waals surface area contributed by atoms with Crippen molar-refractivity contribution in [3.05, 3.63) is 20.7 Å². The summed E-state index contributed by atoms with van der Waals surface area (Å²) < 4.78 is 6.35. The van der Waals surface area contributed by atoms with Gasteiger partial charge in [0, 0.05) is 24.1 Å². The molecule has 1 aliphatic rings. The second-order valence-corrected chi connectivity index (χ2v) is 5.29. The number of ether oxygens (including phenoxy) is 1. The summed E-state index contributed by atoms with van der Waals surface area (Å²) in [5.41, 5.74) is -0.692. The summed E-state index contributed by atoms with van der Waals surface area (Å²) in [6.07, 6.45) is 0.228. The quantitative estimate of drug-likeness (QED) is 0.783. The minimum atomic E-state index is -1.37. The number of carbonyl (C=O) groups excluding carboxylic acids is 1. The van der Waals surface area contributed by atoms with E-state index in [0.29, 0.717) is 12.3 Å². The fourth-order valence-electron chi connectivity index (χ4n) is 1.93. The Balaban J connectivity index is 2.09. The van der Waals surface area contributed by atoms with E-state index in [1.165, 1.54) is 4.57 Å². The number of carboxylic acids is 1. The van der Waals surface area contributed by atoms with Crippen LogP contribution in [0.2, 0.25) is 0 Å². The molecule has 2 N–H and O–H groups in total. The summed E-state index contributed by atoms with van der Waals surface area (Å²) in [5.74, 6) is -1.62. The number of hydrogen-bond acceptors (Lipinski definition) is 5. The van der Waals surface area contributed by atoms with Crippen LogP contribution in [-0.4, -0.2) is 40.3 Å². The average Bonchev–Trinajstić information content (AvgIpc) is 2.92. The van der Waals surface area contributed by atoms with Gasteiger partial charge in [0.15, 0.2) is 5.54 Å². The van der Waals surface area contributed by atoms with Crippen molar-refractivity contribution in [1.82, 2.24) is 9.88 Å². The van der Waals surface area contributed by atoms with Crippen LogP contribution in [0.4, 0.5) is 0 Å². The van der Waals surface area contributed by atoms with Crippen molar-refractivity contribution in [3.63, 3.8) is 0 Å². The second-order valence-electron chi connectivity index (χ2n) is 4.47. The second kappa shape index (κ2) is 5.14. The van der Waals surface area contributed by atoms with E-state index in [0.717, 1.165) is 11.3 Å². The average molecular weight is 286 g/mol. The first-order valence-corrected chi connectivity index (χ1v) is 6.60. The maximum absolute atomic E-state index is 11.9. The molecule has 0 aromatic carbocycles. The van der Waals surface area contributed by atoms with Crippen LogP contribution in [0, 0.1) is 6.92 Å². The van der Waals surface area contributed by atoms with Gasteiger partial charge in [0.05, 0.1) is 6.61 Å². The first-order valence-electron chi connectivity index (χ1n) is 5.72. The van der Waals surface area contributed by atoms with Gasteiger partial charge in [-0.15, -0.1) is 0 Å². The molecule has 104 valence electrons. The predicted octanol–water partition coefficient (Wildman–Crippen LogP) is -0.422. The van der Waals surface area contributed by atoms with Gasteiger partial charge in [-0.05, 0) is 6.92 Å². The monoisotopic (exact) mass is 286 g/mol. The Hall–Kier alpha value is -1.67. The van der Waals surface area contributed by atoms with Crippen LogP contribution in [0.15, 0.2) is 10.2 Å². The van der Waals surface area contributed by atoms with Crippen LogP contribution >= 0.6 is 11.3 Å². The number of aryl methyl sites for hydroxylation is 1. The lowest BCUT2D eigenvalue weighted by Crippen LogP contribution is -2.56. The largest absolute Gasteiger partial charge is 0.479 e. The number of amides is 1. The number of nitrogens with zero attached hydrogens (tertiary/aromatic N) is 1. The molecule has 0 aliphatic carbocycles. The Morgan fingerprint density at radius 2 is 2.37 bits per heavy atom. The molecular weight excluding hydrogens is 272 g/mol. The lowest BCUT2D eigenvalue weighted by molar-refractivity contribution is -0.147. The van der Waals surface area contributed by atoms with E-state index < -0.39 is 17.4 Å². The molecule has 1 saturated heterocycles. The summed E-state index contributed by atoms with van der Waals surface area (Å²) in [5, 5.41) is 13.3. The van der Waals surface area contributed by atoms with E-state index in [2.05, 4.69) is 5.32 Å². The zero-order valence-corrected chi connectivity index (χ0v) is 11.2. The van der Waals surface area contributed by atoms with Crippen molar-refractivity contribution in [3.8, 4) is 0 Å². The Kier molecular flexibility index (Phi) is 3.72. The number of aliphatic carboxylic acids is 1. The normalized spacial score (nSPS) is 22.4. The zero-order chi connectivity index (χ0) is 14.0. The van der Waals surface area contributed by atoms with Gasteiger partial charge in [0.1, 0.15) is 6.54 Å². The van der Waals surface area contributed by atoms with Gasteiger partial charge in [-0.3, -0.25) is 14.2 Å². The van der Waals surface area contributed by atoms with Crippen LogP contribution in [-0.2, 0) is 20.9 Å². The summed E-state index contributed by atoms with van der Waals surface area (Å²) >= 11 is 1.01. The van der Waals surface area contributed by atoms with E-state index in [4.69, 9.17) is 4.74 Å². The highest BCUT2D eigenvalue weighted by Gasteiger charge is 2.43. The van der Waals surface area contributed by atoms with Crippen molar-refractivity contribution in [2.45, 2.75) is 25.4 Å². The van der Waals surface area contributed by atoms with Crippen LogP contribution < -0.4 is 10.2 Å². The fourth-order valence-corrected chi connectivity index (χ4v) is 2.67. The summed E-state index contributed by atoms with van der Waals surface area (Å²) in [6.45, 7) is 1.79. The van der Waals surface area contributed by atoms with Gasteiger partial charge >= 0.3 is 10.8 Å². The molecule has 1 atom stereocenters. The van der Waals surface area contributed by atoms with E-state index in [1.54, 1.807) is 12.3 Å². The maximum Gasteiger partial charge on any atom is 0.331 e. The van der Waals surface area contributed by atoms with Gasteiger partial charge in [-0.1, -0.05) is 11.3 Å². The minimum Gasteiger partial charge on any atom is -0.479 e. The molecule has 1 aromatic heterocycles. The van der Waals surface area contributed by atoms with E-state index in [9.17, 15) is 19.5 Å². The van der Waals surface area contributed by atoms with Crippen molar-refractivity contribution in [2.75, 3.05) is 13.2 Å². The smallest absolute Gasteiger partial charge is 0.331 e. The topological polar surface area (TPSA) is 97.6 Å². The van der Waals surface area contributed by atoms with Gasteiger partial charge in [-0.25, -0.2) is 4.79 Å². The number of hydrogen-bond donors (Lipinski definition) is 2. The number of rotatable bonds is 4.